The number of carbonyl (C=O) groups excluding carboxylic acids is 2. The fourth-order valence-electron chi connectivity index (χ4n) is 2.46. The largest absolute Gasteiger partial charge is 0.469 e. The number of carbonyl (C=O) groups is 2. The zero-order valence-electron chi connectivity index (χ0n) is 13.5. The van der Waals surface area contributed by atoms with Crippen molar-refractivity contribution in [3.8, 4) is 0 Å². The minimum Gasteiger partial charge on any atom is -0.469 e. The lowest BCUT2D eigenvalue weighted by Crippen LogP contribution is -2.43. The number of rotatable bonds is 6. The molecule has 6 nitrogen and oxygen atoms in total. The van der Waals surface area contributed by atoms with Crippen LogP contribution in [0.4, 0.5) is 0 Å². The first-order chi connectivity index (χ1) is 11.0. The number of methoxy groups -OCH3 is 1. The molecule has 1 N–H and O–H groups in total. The van der Waals surface area contributed by atoms with Crippen LogP contribution in [0.15, 0.2) is 42.6 Å². The molecule has 6 heteroatoms. The summed E-state index contributed by atoms with van der Waals surface area (Å²) in [7, 11) is 3.05. The summed E-state index contributed by atoms with van der Waals surface area (Å²) in [4.78, 5) is 24.4. The Bertz CT molecular complexity index is 667. The maximum absolute atomic E-state index is 12.3. The van der Waals surface area contributed by atoms with Gasteiger partial charge in [0.05, 0.1) is 13.0 Å². The monoisotopic (exact) mass is 315 g/mol. The highest BCUT2D eigenvalue weighted by molar-refractivity contribution is 5.93. The summed E-state index contributed by atoms with van der Waals surface area (Å²) < 4.78 is 6.39. The van der Waals surface area contributed by atoms with Gasteiger partial charge in [0.25, 0.3) is 5.91 Å². The average Bonchev–Trinajstić information content (AvgIpc) is 2.99. The van der Waals surface area contributed by atoms with E-state index in [1.165, 1.54) is 11.8 Å². The van der Waals surface area contributed by atoms with Gasteiger partial charge in [-0.25, -0.2) is 0 Å². The molecule has 23 heavy (non-hydrogen) atoms. The number of amides is 1. The molecule has 0 saturated heterocycles. The molecule has 0 aliphatic rings. The molecule has 0 aliphatic heterocycles. The summed E-state index contributed by atoms with van der Waals surface area (Å²) in [6.07, 6.45) is 2.06. The molecule has 0 bridgehead atoms. The van der Waals surface area contributed by atoms with Gasteiger partial charge in [-0.3, -0.25) is 14.3 Å². The van der Waals surface area contributed by atoms with E-state index in [2.05, 4.69) is 10.4 Å². The van der Waals surface area contributed by atoms with Crippen LogP contribution in [-0.4, -0.2) is 34.8 Å². The Morgan fingerprint density at radius 1 is 1.26 bits per heavy atom. The number of nitrogens with zero attached hydrogens (tertiary/aromatic N) is 2. The van der Waals surface area contributed by atoms with Crippen LogP contribution in [0, 0.1) is 5.92 Å². The summed E-state index contributed by atoms with van der Waals surface area (Å²) in [5.74, 6) is -1.06. The highest BCUT2D eigenvalue weighted by Gasteiger charge is 2.28. The lowest BCUT2D eigenvalue weighted by atomic mass is 9.93. The topological polar surface area (TPSA) is 73.2 Å². The SMILES string of the molecule is COC(=O)[C@@H](Cc1ccccc1)[C@H](C)NC(=O)c1ccnn1C. The molecule has 0 fully saturated rings. The number of benzene rings is 1. The van der Waals surface area contributed by atoms with Crippen LogP contribution in [0.25, 0.3) is 0 Å². The summed E-state index contributed by atoms with van der Waals surface area (Å²) >= 11 is 0. The molecule has 0 saturated carbocycles. The van der Waals surface area contributed by atoms with Crippen molar-refractivity contribution in [1.29, 1.82) is 0 Å². The van der Waals surface area contributed by atoms with Gasteiger partial charge in [-0.1, -0.05) is 30.3 Å². The third-order valence-corrected chi connectivity index (χ3v) is 3.82. The molecule has 0 spiro atoms. The van der Waals surface area contributed by atoms with Crippen LogP contribution in [0.2, 0.25) is 0 Å². The van der Waals surface area contributed by atoms with E-state index in [-0.39, 0.29) is 17.9 Å². The van der Waals surface area contributed by atoms with E-state index in [1.807, 2.05) is 30.3 Å². The van der Waals surface area contributed by atoms with Gasteiger partial charge in [0.15, 0.2) is 0 Å². The summed E-state index contributed by atoms with van der Waals surface area (Å²) in [5, 5.41) is 6.83. The number of hydrogen-bond donors (Lipinski definition) is 1. The van der Waals surface area contributed by atoms with Crippen LogP contribution in [0.3, 0.4) is 0 Å². The maximum Gasteiger partial charge on any atom is 0.311 e. The van der Waals surface area contributed by atoms with Crippen molar-refractivity contribution in [2.45, 2.75) is 19.4 Å². The van der Waals surface area contributed by atoms with Gasteiger partial charge in [-0.15, -0.1) is 0 Å². The molecule has 1 aromatic carbocycles. The van der Waals surface area contributed by atoms with E-state index in [0.717, 1.165) is 5.56 Å². The Hall–Kier alpha value is -2.63. The van der Waals surface area contributed by atoms with E-state index >= 15 is 0 Å². The second-order valence-corrected chi connectivity index (χ2v) is 5.42. The van der Waals surface area contributed by atoms with Crippen molar-refractivity contribution in [1.82, 2.24) is 15.1 Å². The van der Waals surface area contributed by atoms with Gasteiger partial charge in [0.1, 0.15) is 5.69 Å². The number of ether oxygens (including phenoxy) is 1. The number of aryl methyl sites for hydroxylation is 1. The third kappa shape index (κ3) is 4.18. The normalized spacial score (nSPS) is 13.2. The smallest absolute Gasteiger partial charge is 0.311 e. The van der Waals surface area contributed by atoms with Gasteiger partial charge >= 0.3 is 5.97 Å². The van der Waals surface area contributed by atoms with Crippen LogP contribution in [0.1, 0.15) is 23.0 Å². The summed E-state index contributed by atoms with van der Waals surface area (Å²) in [6.45, 7) is 1.80. The number of esters is 1. The predicted molar refractivity (Wildman–Crippen MR) is 85.8 cm³/mol. The van der Waals surface area contributed by atoms with Crippen molar-refractivity contribution in [2.24, 2.45) is 13.0 Å². The maximum atomic E-state index is 12.3. The first-order valence-electron chi connectivity index (χ1n) is 7.43. The van der Waals surface area contributed by atoms with Gasteiger partial charge in [-0.05, 0) is 25.0 Å². The molecule has 1 aromatic heterocycles. The number of aromatic nitrogens is 2. The van der Waals surface area contributed by atoms with Crippen molar-refractivity contribution in [3.05, 3.63) is 53.9 Å². The minimum atomic E-state index is -0.459. The Morgan fingerprint density at radius 2 is 1.96 bits per heavy atom. The highest BCUT2D eigenvalue weighted by Crippen LogP contribution is 2.15. The standard InChI is InChI=1S/C17H21N3O3/c1-12(19-16(21)15-9-10-18-20(15)2)14(17(22)23-3)11-13-7-5-4-6-8-13/h4-10,12,14H,11H2,1-3H3,(H,19,21)/t12-,14-/m0/s1. The number of nitrogens with one attached hydrogen (secondary N) is 1. The van der Waals surface area contributed by atoms with Crippen LogP contribution in [-0.2, 0) is 23.0 Å². The first kappa shape index (κ1) is 16.7. The molecule has 0 aliphatic carbocycles. The van der Waals surface area contributed by atoms with Crippen molar-refractivity contribution in [3.63, 3.8) is 0 Å². The van der Waals surface area contributed by atoms with Crippen molar-refractivity contribution < 1.29 is 14.3 Å². The summed E-state index contributed by atoms with van der Waals surface area (Å²) in [5.41, 5.74) is 1.46. The van der Waals surface area contributed by atoms with E-state index < -0.39 is 5.92 Å². The first-order valence-corrected chi connectivity index (χ1v) is 7.43. The fraction of sp³-hybridized carbons (Fsp3) is 0.353. The van der Waals surface area contributed by atoms with E-state index in [1.54, 1.807) is 26.2 Å². The average molecular weight is 315 g/mol. The molecule has 1 heterocycles. The molecule has 122 valence electrons. The molecule has 2 rings (SSSR count). The molecular weight excluding hydrogens is 294 g/mol. The van der Waals surface area contributed by atoms with Crippen LogP contribution >= 0.6 is 0 Å². The number of hydrogen-bond acceptors (Lipinski definition) is 4. The minimum absolute atomic E-state index is 0.264. The Balaban J connectivity index is 2.10. The molecular formula is C17H21N3O3. The van der Waals surface area contributed by atoms with E-state index in [9.17, 15) is 9.59 Å². The van der Waals surface area contributed by atoms with Gasteiger partial charge in [0.2, 0.25) is 0 Å². The van der Waals surface area contributed by atoms with Crippen molar-refractivity contribution >= 4 is 11.9 Å². The Labute approximate surface area is 135 Å². The van der Waals surface area contributed by atoms with Gasteiger partial charge in [-0.2, -0.15) is 5.10 Å². The fourth-order valence-corrected chi connectivity index (χ4v) is 2.46. The molecule has 0 radical (unpaired) electrons. The molecule has 2 aromatic rings. The lowest BCUT2D eigenvalue weighted by Gasteiger charge is -2.23. The molecule has 2 atom stereocenters. The third-order valence-electron chi connectivity index (χ3n) is 3.82. The second-order valence-electron chi connectivity index (χ2n) is 5.42. The predicted octanol–water partition coefficient (Wildman–Crippen LogP) is 1.57. The van der Waals surface area contributed by atoms with Crippen molar-refractivity contribution in [2.75, 3.05) is 7.11 Å². The molecule has 1 amide bonds. The van der Waals surface area contributed by atoms with Gasteiger partial charge < -0.3 is 10.1 Å². The highest BCUT2D eigenvalue weighted by atomic mass is 16.5. The second kappa shape index (κ2) is 7.58. The summed E-state index contributed by atoms with van der Waals surface area (Å²) in [6, 6.07) is 10.9. The van der Waals surface area contributed by atoms with Gasteiger partial charge in [0, 0.05) is 19.3 Å². The Kier molecular flexibility index (Phi) is 5.51. The van der Waals surface area contributed by atoms with E-state index in [4.69, 9.17) is 4.74 Å². The lowest BCUT2D eigenvalue weighted by molar-refractivity contribution is -0.146. The van der Waals surface area contributed by atoms with E-state index in [0.29, 0.717) is 12.1 Å². The Morgan fingerprint density at radius 3 is 2.52 bits per heavy atom. The van der Waals surface area contributed by atoms with Crippen LogP contribution in [0.5, 0.6) is 0 Å². The van der Waals surface area contributed by atoms with Crippen LogP contribution < -0.4 is 5.32 Å². The quantitative estimate of drug-likeness (QED) is 0.821. The molecule has 0 unspecified atom stereocenters. The zero-order valence-corrected chi connectivity index (χ0v) is 13.5. The zero-order chi connectivity index (χ0) is 16.8.